The van der Waals surface area contributed by atoms with Gasteiger partial charge in [-0.2, -0.15) is 0 Å². The molecule has 0 aromatic rings. The van der Waals surface area contributed by atoms with Crippen molar-refractivity contribution in [3.63, 3.8) is 0 Å². The number of carbonyl (C=O) groups is 2. The third-order valence-electron chi connectivity index (χ3n) is 17.8. The predicted octanol–water partition coefficient (Wildman–Crippen LogP) is -4.59. The maximum atomic E-state index is 14.6. The first kappa shape index (κ1) is 77.1. The Morgan fingerprint density at radius 3 is 1.89 bits per heavy atom. The van der Waals surface area contributed by atoms with Crippen LogP contribution < -0.4 is 5.32 Å². The second kappa shape index (κ2) is 36.5. The Morgan fingerprint density at radius 1 is 0.630 bits per heavy atom. The number of cyclic esters (lactones) is 1. The minimum atomic E-state index is -2.67. The maximum absolute atomic E-state index is 14.6. The molecule has 3 unspecified atom stereocenters. The molecule has 29 nitrogen and oxygen atoms in total. The molecule has 0 aliphatic carbocycles. The van der Waals surface area contributed by atoms with Gasteiger partial charge in [-0.15, -0.1) is 0 Å². The number of likely N-dealkylation sites (N-methyl/N-ethyl adjacent to an activating group) is 1. The zero-order valence-electron chi connectivity index (χ0n) is 52.5. The molecule has 27 atom stereocenters. The number of nitrogens with one attached hydrogen (secondary N) is 1. The van der Waals surface area contributed by atoms with Crippen LogP contribution in [0.25, 0.3) is 0 Å². The summed E-state index contributed by atoms with van der Waals surface area (Å²) in [5.41, 5.74) is 0. The molecular weight excluding hydrogens is 1210 g/mol. The fourth-order valence-corrected chi connectivity index (χ4v) is 11.9. The van der Waals surface area contributed by atoms with Gasteiger partial charge in [0.05, 0.1) is 105 Å². The molecule has 0 aromatic heterocycles. The highest BCUT2D eigenvalue weighted by Gasteiger charge is 2.56. The summed E-state index contributed by atoms with van der Waals surface area (Å²) in [4.78, 5) is 30.9. The van der Waals surface area contributed by atoms with Crippen LogP contribution in [-0.2, 0) is 42.7 Å². The van der Waals surface area contributed by atoms with E-state index in [4.69, 9.17) is 33.2 Å². The van der Waals surface area contributed by atoms with Gasteiger partial charge in [0.2, 0.25) is 11.7 Å². The van der Waals surface area contributed by atoms with Crippen molar-refractivity contribution in [3.8, 4) is 0 Å². The molecule has 2 bridgehead atoms. The van der Waals surface area contributed by atoms with E-state index >= 15 is 0 Å². The Morgan fingerprint density at radius 2 is 1.25 bits per heavy atom. The molecule has 6 heterocycles. The van der Waals surface area contributed by atoms with Crippen LogP contribution in [0.4, 0.5) is 0 Å². The van der Waals surface area contributed by atoms with E-state index in [1.807, 2.05) is 11.9 Å². The number of rotatable bonds is 9. The quantitative estimate of drug-likeness (QED) is 0.0966. The Kier molecular flexibility index (Phi) is 30.6. The molecule has 5 saturated heterocycles. The lowest BCUT2D eigenvalue weighted by Crippen LogP contribution is -2.70. The second-order valence-corrected chi connectivity index (χ2v) is 25.1. The highest BCUT2D eigenvalue weighted by atomic mass is 16.7. The highest BCUT2D eigenvalue weighted by Crippen LogP contribution is 2.40. The standard InChI is InChI=1S/C63H101N3O26/c1-35-36(2)87-49(76)28-39(69)26-38(68)20-21-43(72)44(73)27-40(70)30-62(84)31-45(74)50(59(83)66-24-22-65(4)23-25-66)47(92-62)29-41(18-16-14-12-10-8-6-5-7-9-11-13-15-17-19-42(35)71)89-60-54(79)51(52(77)37(3)88-60)64-34-63(85)58(82)57(46(75)33-86-63)91-61-56(81)55(80)53(78)48(32-67)90-61/h5-18,35-48,50-58,60-61,64,67-75,77-82,84-85H,19-34H2,1-4H3/b6-5-,9-7-,10-8-,13-11-,14-12-,17-15-,18-16-/t35-,36-,37+,38+,39+,40-,41-,42+,43+,44+,45-,46+,47?,48+,50?,51-,52+,53+,54-,55-,56?,57+,58-,60-,61-,62+,63+/m0/s1. The number of aliphatic hydroxyl groups is 17. The summed E-state index contributed by atoms with van der Waals surface area (Å²) < 4.78 is 40.9. The van der Waals surface area contributed by atoms with Gasteiger partial charge in [0.15, 0.2) is 18.4 Å². The summed E-state index contributed by atoms with van der Waals surface area (Å²) in [7, 11) is 1.89. The topological polar surface area (TPSA) is 461 Å². The number of carbonyl (C=O) groups excluding carboxylic acids is 2. The van der Waals surface area contributed by atoms with Crippen molar-refractivity contribution in [2.45, 2.75) is 231 Å². The third-order valence-corrected chi connectivity index (χ3v) is 17.8. The van der Waals surface area contributed by atoms with Crippen molar-refractivity contribution in [1.82, 2.24) is 15.1 Å². The zero-order valence-corrected chi connectivity index (χ0v) is 52.5. The molecule has 5 fully saturated rings. The van der Waals surface area contributed by atoms with E-state index in [0.29, 0.717) is 13.1 Å². The van der Waals surface area contributed by atoms with Crippen molar-refractivity contribution in [2.75, 3.05) is 53.0 Å². The Balaban J connectivity index is 1.25. The molecule has 6 aliphatic heterocycles. The fraction of sp³-hybridized carbons (Fsp3) is 0.746. The molecule has 0 spiro atoms. The van der Waals surface area contributed by atoms with Crippen molar-refractivity contribution < 1.29 is 130 Å². The van der Waals surface area contributed by atoms with Crippen LogP contribution in [0.2, 0.25) is 0 Å². The molecule has 0 radical (unpaired) electrons. The summed E-state index contributed by atoms with van der Waals surface area (Å²) >= 11 is 0. The van der Waals surface area contributed by atoms with E-state index in [0.717, 1.165) is 0 Å². The lowest BCUT2D eigenvalue weighted by Gasteiger charge is -2.48. The minimum absolute atomic E-state index is 0.145. The van der Waals surface area contributed by atoms with E-state index < -0.39 is 221 Å². The zero-order chi connectivity index (χ0) is 67.6. The number of allylic oxidation sites excluding steroid dienone is 12. The van der Waals surface area contributed by atoms with Gasteiger partial charge < -0.3 is 135 Å². The first-order valence-electron chi connectivity index (χ1n) is 31.6. The van der Waals surface area contributed by atoms with Gasteiger partial charge in [-0.1, -0.05) is 92.0 Å². The predicted molar refractivity (Wildman–Crippen MR) is 324 cm³/mol. The summed E-state index contributed by atoms with van der Waals surface area (Å²) in [6, 6.07) is -1.46. The van der Waals surface area contributed by atoms with Crippen molar-refractivity contribution in [1.29, 1.82) is 0 Å². The molecule has 18 N–H and O–H groups in total. The molecule has 524 valence electrons. The van der Waals surface area contributed by atoms with Gasteiger partial charge in [-0.05, 0) is 46.6 Å². The number of fused-ring (bicyclic) bond motifs is 2. The number of amides is 1. The van der Waals surface area contributed by atoms with Crippen LogP contribution in [0.15, 0.2) is 85.1 Å². The lowest BCUT2D eigenvalue weighted by molar-refractivity contribution is -0.368. The first-order chi connectivity index (χ1) is 43.5. The number of aliphatic hydroxyl groups excluding tert-OH is 15. The van der Waals surface area contributed by atoms with E-state index in [2.05, 4.69) is 5.32 Å². The lowest BCUT2D eigenvalue weighted by atomic mass is 9.81. The summed E-state index contributed by atoms with van der Waals surface area (Å²) in [6.07, 6.45) is -12.9. The van der Waals surface area contributed by atoms with E-state index in [-0.39, 0.29) is 45.2 Å². The minimum Gasteiger partial charge on any atom is -0.462 e. The average Bonchev–Trinajstić information content (AvgIpc) is 0.961. The van der Waals surface area contributed by atoms with Crippen molar-refractivity contribution >= 4 is 11.9 Å². The molecule has 0 saturated carbocycles. The van der Waals surface area contributed by atoms with Crippen LogP contribution in [-0.4, -0.2) is 314 Å². The molecule has 29 heteroatoms. The third kappa shape index (κ3) is 22.1. The number of piperazine rings is 1. The number of hydrogen-bond donors (Lipinski definition) is 18. The van der Waals surface area contributed by atoms with Gasteiger partial charge in [0.1, 0.15) is 54.9 Å². The van der Waals surface area contributed by atoms with Gasteiger partial charge in [-0.25, -0.2) is 0 Å². The number of nitrogens with zero attached hydrogens (tertiary/aromatic N) is 2. The summed E-state index contributed by atoms with van der Waals surface area (Å²) in [6.45, 7) is 4.06. The highest BCUT2D eigenvalue weighted by molar-refractivity contribution is 5.80. The van der Waals surface area contributed by atoms with Crippen LogP contribution in [0.5, 0.6) is 0 Å². The van der Waals surface area contributed by atoms with Gasteiger partial charge >= 0.3 is 5.97 Å². The monoisotopic (exact) mass is 1320 g/mol. The molecule has 1 amide bonds. The number of esters is 1. The average molecular weight is 1320 g/mol. The van der Waals surface area contributed by atoms with E-state index in [1.54, 1.807) is 97.7 Å². The van der Waals surface area contributed by atoms with E-state index in [9.17, 15) is 96.4 Å². The number of hydrogen-bond acceptors (Lipinski definition) is 28. The molecular formula is C63H101N3O26. The Labute approximate surface area is 535 Å². The van der Waals surface area contributed by atoms with Gasteiger partial charge in [0, 0.05) is 57.8 Å². The molecule has 0 aromatic carbocycles. The van der Waals surface area contributed by atoms with Crippen LogP contribution in [0.3, 0.4) is 0 Å². The molecule has 6 aliphatic rings. The van der Waals surface area contributed by atoms with Crippen LogP contribution >= 0.6 is 0 Å². The van der Waals surface area contributed by atoms with Crippen molar-refractivity contribution in [3.05, 3.63) is 85.1 Å². The molecule has 6 rings (SSSR count). The van der Waals surface area contributed by atoms with E-state index in [1.165, 1.54) is 13.0 Å². The summed E-state index contributed by atoms with van der Waals surface area (Å²) in [5, 5.41) is 191. The second-order valence-electron chi connectivity index (χ2n) is 25.1. The Bertz CT molecular complexity index is 2460. The smallest absolute Gasteiger partial charge is 0.308 e. The van der Waals surface area contributed by atoms with Gasteiger partial charge in [0.25, 0.3) is 0 Å². The van der Waals surface area contributed by atoms with Gasteiger partial charge in [-0.3, -0.25) is 9.59 Å². The SMILES string of the molecule is C[C@@H]1[C@H](O)C\C=C/C=C\C=C/C=C\C=C/C=C\C=C/[C@H](O[C@@H]2O[C@H](C)[C@@H](O)[C@H](NC[C@@]3(O)OC[C@@H](O)[C@@H](O[C@@H]4O[C@H](CO)[C@@H](O)[C@H](O)C4O)[C@@H]3O)[C@@H]2O)CC2O[C@](O)(C[C@@H](O)C[C@@H](O)[C@H](O)CC[C@@H](O)C[C@@H](O)CC(=O)O[C@H]1C)C[C@H](O)C2C(=O)N1CCN(C)CC1. The first-order valence-corrected chi connectivity index (χ1v) is 31.6. The number of ether oxygens (including phenoxy) is 7. The van der Waals surface area contributed by atoms with Crippen molar-refractivity contribution in [2.24, 2.45) is 11.8 Å². The maximum Gasteiger partial charge on any atom is 0.308 e. The summed E-state index contributed by atoms with van der Waals surface area (Å²) in [5.74, 6) is -8.16. The Hall–Kier alpha value is -3.88. The van der Waals surface area contributed by atoms with Crippen LogP contribution in [0, 0.1) is 11.8 Å². The fourth-order valence-electron chi connectivity index (χ4n) is 11.9. The van der Waals surface area contributed by atoms with Crippen LogP contribution in [0.1, 0.15) is 78.6 Å². The largest absolute Gasteiger partial charge is 0.462 e. The molecule has 92 heavy (non-hydrogen) atoms. The normalized spacial score (nSPS) is 46.2.